The van der Waals surface area contributed by atoms with Gasteiger partial charge in [-0.3, -0.25) is 9.00 Å². The van der Waals surface area contributed by atoms with Crippen molar-refractivity contribution in [2.75, 3.05) is 57.7 Å². The Morgan fingerprint density at radius 1 is 0.966 bits per heavy atom. The van der Waals surface area contributed by atoms with Gasteiger partial charge in [0, 0.05) is 61.3 Å². The zero-order valence-corrected chi connectivity index (χ0v) is 38.7. The third kappa shape index (κ3) is 7.30. The van der Waals surface area contributed by atoms with Crippen LogP contribution in [0.25, 0.3) is 0 Å². The minimum atomic E-state index is -1.92. The summed E-state index contributed by atoms with van der Waals surface area (Å²) in [6, 6.07) is 5.45. The summed E-state index contributed by atoms with van der Waals surface area (Å²) in [6.45, 7) is 24.5. The summed E-state index contributed by atoms with van der Waals surface area (Å²) < 4.78 is 24.1. The first-order valence-corrected chi connectivity index (χ1v) is 25.9. The molecule has 0 bridgehead atoms. The van der Waals surface area contributed by atoms with Crippen molar-refractivity contribution in [3.05, 3.63) is 53.6 Å². The molecule has 8 rings (SSSR count). The molecule has 0 spiro atoms. The Morgan fingerprint density at radius 2 is 1.71 bits per heavy atom. The van der Waals surface area contributed by atoms with E-state index in [1.807, 2.05) is 18.4 Å². The highest BCUT2D eigenvalue weighted by Gasteiger charge is 2.70. The molecule has 9 heteroatoms. The molecule has 59 heavy (non-hydrogen) atoms. The van der Waals surface area contributed by atoms with Crippen molar-refractivity contribution in [2.45, 2.75) is 118 Å². The number of aromatic nitrogens is 1. The molecule has 5 fully saturated rings. The molecule has 6 aliphatic carbocycles. The quantitative estimate of drug-likeness (QED) is 0.150. The van der Waals surface area contributed by atoms with Gasteiger partial charge in [0.2, 0.25) is 11.8 Å². The Balaban J connectivity index is 1.03. The minimum Gasteiger partial charge on any atom is -0.481 e. The second-order valence-electron chi connectivity index (χ2n) is 22.1. The number of aliphatic carboxylic acids is 1. The lowest BCUT2D eigenvalue weighted by Gasteiger charge is -2.72. The summed E-state index contributed by atoms with van der Waals surface area (Å²) in [4.78, 5) is 19.5. The number of pyridine rings is 1. The van der Waals surface area contributed by atoms with Crippen molar-refractivity contribution in [3.63, 3.8) is 0 Å². The van der Waals surface area contributed by atoms with Gasteiger partial charge in [0.1, 0.15) is 0 Å². The maximum atomic E-state index is 12.7. The molecular formula is C50H77N3O5S. The molecule has 7 aliphatic rings. The fraction of sp³-hybridized carbons (Fsp3) is 0.760. The van der Waals surface area contributed by atoms with Crippen LogP contribution in [0.5, 0.6) is 11.8 Å². The molecule has 11 atom stereocenters. The van der Waals surface area contributed by atoms with Gasteiger partial charge >= 0.3 is 5.97 Å². The molecule has 0 aromatic carbocycles. The fourth-order valence-electron chi connectivity index (χ4n) is 15.7. The molecule has 0 unspecified atom stereocenters. The fourth-order valence-corrected chi connectivity index (χ4v) is 17.3. The minimum absolute atomic E-state index is 0.0156. The summed E-state index contributed by atoms with van der Waals surface area (Å²) in [5.41, 5.74) is 5.12. The van der Waals surface area contributed by atoms with Crippen LogP contribution in [0.2, 0.25) is 0 Å². The second-order valence-corrected chi connectivity index (χ2v) is 25.6. The van der Waals surface area contributed by atoms with Crippen LogP contribution in [0.15, 0.2) is 53.6 Å². The number of rotatable bonds is 11. The summed E-state index contributed by atoms with van der Waals surface area (Å²) >= 11 is 0. The van der Waals surface area contributed by atoms with Gasteiger partial charge in [0.15, 0.2) is 0 Å². The number of methoxy groups -OCH3 is 1. The Bertz CT molecular complexity index is 1900. The predicted octanol–water partition coefficient (Wildman–Crippen LogP) is 9.00. The van der Waals surface area contributed by atoms with Crippen LogP contribution >= 0.6 is 0 Å². The SMILES string of the molecule is C=C(C)[C@@H]1CC[C@]2(NCCN3CC[SH](C)(=O)CC3)CC[C@]3(C)[C@H](CC[C@@H]4[C@@]5(C)CC=C(C6=C[C@H](COc7cccc(OC)n7)[C@@H](C(=O)O)CC6)C(C)(C)[C@@H]5CC[C@]43C)[C@@H]12. The van der Waals surface area contributed by atoms with Crippen molar-refractivity contribution < 1.29 is 23.6 Å². The van der Waals surface area contributed by atoms with E-state index in [-0.39, 0.29) is 39.7 Å². The monoisotopic (exact) mass is 832 g/mol. The predicted molar refractivity (Wildman–Crippen MR) is 241 cm³/mol. The van der Waals surface area contributed by atoms with Crippen molar-refractivity contribution in [1.29, 1.82) is 0 Å². The van der Waals surface area contributed by atoms with Crippen LogP contribution < -0.4 is 14.8 Å². The molecule has 1 aromatic rings. The average molecular weight is 832 g/mol. The van der Waals surface area contributed by atoms with Crippen LogP contribution in [0.3, 0.4) is 0 Å². The highest BCUT2D eigenvalue weighted by molar-refractivity contribution is 8.02. The summed E-state index contributed by atoms with van der Waals surface area (Å²) in [6.07, 6.45) is 19.6. The molecule has 2 heterocycles. The van der Waals surface area contributed by atoms with E-state index in [9.17, 15) is 14.1 Å². The maximum Gasteiger partial charge on any atom is 0.307 e. The van der Waals surface area contributed by atoms with Gasteiger partial charge < -0.3 is 24.8 Å². The summed E-state index contributed by atoms with van der Waals surface area (Å²) in [7, 11) is -0.332. The van der Waals surface area contributed by atoms with Gasteiger partial charge in [0.25, 0.3) is 0 Å². The lowest BCUT2D eigenvalue weighted by molar-refractivity contribution is -0.221. The van der Waals surface area contributed by atoms with Crippen molar-refractivity contribution in [1.82, 2.24) is 15.2 Å². The van der Waals surface area contributed by atoms with Gasteiger partial charge in [-0.1, -0.05) is 65.0 Å². The Kier molecular flexibility index (Phi) is 11.5. The highest BCUT2D eigenvalue weighted by Crippen LogP contribution is 2.76. The van der Waals surface area contributed by atoms with E-state index in [0.29, 0.717) is 47.8 Å². The first-order chi connectivity index (χ1) is 27.9. The van der Waals surface area contributed by atoms with Crippen LogP contribution in [0, 0.1) is 63.1 Å². The number of nitrogens with zero attached hydrogens (tertiary/aromatic N) is 2. The molecule has 8 nitrogen and oxygen atoms in total. The number of thiol groups is 1. The largest absolute Gasteiger partial charge is 0.481 e. The first kappa shape index (κ1) is 43.2. The first-order valence-electron chi connectivity index (χ1n) is 23.3. The molecule has 0 radical (unpaired) electrons. The topological polar surface area (TPSA) is 101 Å². The standard InChI is InChI=1S/C50H77N3O5S/c1-33(2)36-17-22-50(51-25-26-53-27-29-59(9,56)30-28-53)24-23-48(6)39(44(36)50)15-16-41-47(5)20-18-38(46(3,4)40(47)19-21-49(41,48)7)34-13-14-37(45(54)55)35(31-34)32-58-43-12-10-11-42(52-43)57-8/h10-12,18,31,35-37,39-41,44,51,59H,1,13-17,19-30,32H2,2-9H3,(H,54,55)/t35-,36+,37+,39-,40+,41-,44-,47+,48-,49-,50+/m1/s1. The highest BCUT2D eigenvalue weighted by atomic mass is 32.2. The summed E-state index contributed by atoms with van der Waals surface area (Å²) in [5, 5.41) is 14.6. The molecule has 328 valence electrons. The number of allylic oxidation sites excluding steroid dienone is 4. The second kappa shape index (κ2) is 15.7. The Hall–Kier alpha value is -2.49. The Morgan fingerprint density at radius 3 is 2.42 bits per heavy atom. The van der Waals surface area contributed by atoms with Gasteiger partial charge in [-0.2, -0.15) is 4.98 Å². The third-order valence-corrected chi connectivity index (χ3v) is 21.3. The lowest BCUT2D eigenvalue weighted by Crippen LogP contribution is -2.68. The zero-order valence-electron chi connectivity index (χ0n) is 37.8. The molecule has 4 saturated carbocycles. The van der Waals surface area contributed by atoms with Crippen LogP contribution in [0.1, 0.15) is 112 Å². The van der Waals surface area contributed by atoms with Crippen LogP contribution in [-0.2, 0) is 14.7 Å². The molecule has 1 saturated heterocycles. The van der Waals surface area contributed by atoms with Crippen LogP contribution in [-0.4, -0.2) is 88.4 Å². The molecule has 2 N–H and O–H groups in total. The number of carboxylic acids is 1. The van der Waals surface area contributed by atoms with Crippen molar-refractivity contribution in [3.8, 4) is 11.8 Å². The van der Waals surface area contributed by atoms with E-state index in [4.69, 9.17) is 9.47 Å². The van der Waals surface area contributed by atoms with E-state index >= 15 is 0 Å². The number of fused-ring (bicyclic) bond motifs is 7. The maximum absolute atomic E-state index is 12.7. The van der Waals surface area contributed by atoms with Crippen molar-refractivity contribution >= 4 is 15.9 Å². The number of carboxylic acid groups (broad SMARTS) is 1. The van der Waals surface area contributed by atoms with E-state index in [1.54, 1.807) is 13.2 Å². The van der Waals surface area contributed by atoms with Gasteiger partial charge in [-0.05, 0) is 146 Å². The number of nitrogens with one attached hydrogen (secondary N) is 1. The average Bonchev–Trinajstić information content (AvgIpc) is 3.58. The number of ether oxygens (including phenoxy) is 2. The van der Waals surface area contributed by atoms with Crippen LogP contribution in [0.4, 0.5) is 0 Å². The Labute approximate surface area is 357 Å². The lowest BCUT2D eigenvalue weighted by atomic mass is 9.33. The van der Waals surface area contributed by atoms with E-state index in [0.717, 1.165) is 50.5 Å². The van der Waals surface area contributed by atoms with E-state index in [1.165, 1.54) is 68.1 Å². The number of carbonyl (C=O) groups is 1. The molecule has 1 aromatic heterocycles. The molecule has 0 amide bonds. The molecule has 1 aliphatic heterocycles. The van der Waals surface area contributed by atoms with E-state index in [2.05, 4.69) is 75.5 Å². The molecular weight excluding hydrogens is 755 g/mol. The normalized spacial score (nSPS) is 41.8. The van der Waals surface area contributed by atoms with Crippen molar-refractivity contribution in [2.24, 2.45) is 63.1 Å². The number of hydrogen-bond acceptors (Lipinski definition) is 7. The summed E-state index contributed by atoms with van der Waals surface area (Å²) in [5.74, 6) is 4.39. The zero-order chi connectivity index (χ0) is 42.2. The van der Waals surface area contributed by atoms with E-state index < -0.39 is 21.8 Å². The van der Waals surface area contributed by atoms with Gasteiger partial charge in [-0.25, -0.2) is 0 Å². The smallest absolute Gasteiger partial charge is 0.307 e. The van der Waals surface area contributed by atoms with Gasteiger partial charge in [-0.15, -0.1) is 9.93 Å². The number of hydrogen-bond donors (Lipinski definition) is 3. The van der Waals surface area contributed by atoms with Gasteiger partial charge in [0.05, 0.1) is 19.6 Å². The third-order valence-electron chi connectivity index (χ3n) is 19.0.